The van der Waals surface area contributed by atoms with E-state index in [1.807, 2.05) is 18.2 Å². The average Bonchev–Trinajstić information content (AvgIpc) is 2.34. The largest absolute Gasteiger partial charge is 0.491 e. The molecule has 1 aromatic carbocycles. The van der Waals surface area contributed by atoms with Crippen molar-refractivity contribution < 1.29 is 4.74 Å². The molecular weight excluding hydrogens is 198 g/mol. The van der Waals surface area contributed by atoms with Crippen LogP contribution in [0.3, 0.4) is 0 Å². The zero-order chi connectivity index (χ0) is 11.8. The quantitative estimate of drug-likeness (QED) is 0.749. The highest BCUT2D eigenvalue weighted by Gasteiger charge is 2.07. The monoisotopic (exact) mass is 221 g/mol. The van der Waals surface area contributed by atoms with Crippen LogP contribution in [0, 0.1) is 0 Å². The van der Waals surface area contributed by atoms with Crippen molar-refractivity contribution in [2.45, 2.75) is 46.1 Å². The van der Waals surface area contributed by atoms with Crippen LogP contribution in [0.5, 0.6) is 5.75 Å². The fourth-order valence-electron chi connectivity index (χ4n) is 1.64. The molecule has 0 aromatic heterocycles. The van der Waals surface area contributed by atoms with Crippen molar-refractivity contribution in [2.24, 2.45) is 0 Å². The molecule has 0 unspecified atom stereocenters. The van der Waals surface area contributed by atoms with Crippen LogP contribution in [0.25, 0.3) is 0 Å². The summed E-state index contributed by atoms with van der Waals surface area (Å²) in [5.41, 5.74) is 1.12. The van der Waals surface area contributed by atoms with Gasteiger partial charge in [-0.1, -0.05) is 32.9 Å². The average molecular weight is 221 g/mol. The molecule has 0 saturated carbocycles. The van der Waals surface area contributed by atoms with Gasteiger partial charge in [-0.3, -0.25) is 0 Å². The first-order valence-electron chi connectivity index (χ1n) is 6.30. The maximum absolute atomic E-state index is 5.71. The van der Waals surface area contributed by atoms with Gasteiger partial charge in [0, 0.05) is 6.04 Å². The lowest BCUT2D eigenvalue weighted by Crippen LogP contribution is -2.17. The van der Waals surface area contributed by atoms with E-state index in [0.717, 1.165) is 37.3 Å². The molecular formula is C14H23NO. The van der Waals surface area contributed by atoms with Crippen LogP contribution in [0.1, 0.15) is 40.0 Å². The Hall–Kier alpha value is -1.18. The molecule has 0 aliphatic heterocycles. The number of benzene rings is 1. The minimum absolute atomic E-state index is 0.534. The van der Waals surface area contributed by atoms with Crippen LogP contribution >= 0.6 is 0 Å². The lowest BCUT2D eigenvalue weighted by molar-refractivity contribution is 0.318. The molecule has 0 spiro atoms. The summed E-state index contributed by atoms with van der Waals surface area (Å²) < 4.78 is 5.71. The lowest BCUT2D eigenvalue weighted by Gasteiger charge is -2.19. The molecule has 0 heterocycles. The SMILES string of the molecule is CCCOc1ccccc1NC(CC)CC. The van der Waals surface area contributed by atoms with E-state index in [0.29, 0.717) is 6.04 Å². The molecule has 1 aromatic rings. The predicted molar refractivity (Wildman–Crippen MR) is 70.2 cm³/mol. The molecule has 2 nitrogen and oxygen atoms in total. The fraction of sp³-hybridized carbons (Fsp3) is 0.571. The molecule has 0 amide bonds. The second-order valence-electron chi connectivity index (χ2n) is 4.00. The maximum atomic E-state index is 5.71. The third-order valence-electron chi connectivity index (χ3n) is 2.69. The Kier molecular flexibility index (Phi) is 5.76. The van der Waals surface area contributed by atoms with E-state index in [-0.39, 0.29) is 0 Å². The molecule has 0 aliphatic rings. The van der Waals surface area contributed by atoms with E-state index in [1.54, 1.807) is 0 Å². The molecule has 90 valence electrons. The number of hydrogen-bond donors (Lipinski definition) is 1. The second kappa shape index (κ2) is 7.15. The highest BCUT2D eigenvalue weighted by Crippen LogP contribution is 2.25. The summed E-state index contributed by atoms with van der Waals surface area (Å²) in [7, 11) is 0. The first-order valence-corrected chi connectivity index (χ1v) is 6.30. The van der Waals surface area contributed by atoms with E-state index >= 15 is 0 Å². The van der Waals surface area contributed by atoms with E-state index in [2.05, 4.69) is 32.2 Å². The van der Waals surface area contributed by atoms with Gasteiger partial charge in [0.2, 0.25) is 0 Å². The van der Waals surface area contributed by atoms with Gasteiger partial charge in [0.05, 0.1) is 12.3 Å². The molecule has 0 fully saturated rings. The van der Waals surface area contributed by atoms with Crippen molar-refractivity contribution in [1.29, 1.82) is 0 Å². The van der Waals surface area contributed by atoms with E-state index in [1.165, 1.54) is 0 Å². The molecule has 0 bridgehead atoms. The van der Waals surface area contributed by atoms with Gasteiger partial charge in [0.15, 0.2) is 0 Å². The molecule has 2 heteroatoms. The van der Waals surface area contributed by atoms with Crippen LogP contribution in [0.4, 0.5) is 5.69 Å². The molecule has 0 atom stereocenters. The highest BCUT2D eigenvalue weighted by molar-refractivity contribution is 5.56. The molecule has 1 N–H and O–H groups in total. The van der Waals surface area contributed by atoms with Crippen molar-refractivity contribution in [3.8, 4) is 5.75 Å². The minimum Gasteiger partial charge on any atom is -0.491 e. The standard InChI is InChI=1S/C14H23NO/c1-4-11-16-14-10-8-7-9-13(14)15-12(5-2)6-3/h7-10,12,15H,4-6,11H2,1-3H3. The molecule has 16 heavy (non-hydrogen) atoms. The molecule has 0 saturated heterocycles. The van der Waals surface area contributed by atoms with Gasteiger partial charge >= 0.3 is 0 Å². The number of ether oxygens (including phenoxy) is 1. The van der Waals surface area contributed by atoms with Crippen LogP contribution in [0.15, 0.2) is 24.3 Å². The number of nitrogens with one attached hydrogen (secondary N) is 1. The van der Waals surface area contributed by atoms with Crippen molar-refractivity contribution in [1.82, 2.24) is 0 Å². The topological polar surface area (TPSA) is 21.3 Å². The zero-order valence-electron chi connectivity index (χ0n) is 10.6. The third kappa shape index (κ3) is 3.76. The Morgan fingerprint density at radius 1 is 1.12 bits per heavy atom. The number of anilines is 1. The van der Waals surface area contributed by atoms with Gasteiger partial charge in [-0.25, -0.2) is 0 Å². The Labute approximate surface area is 99.0 Å². The van der Waals surface area contributed by atoms with Crippen LogP contribution in [0.2, 0.25) is 0 Å². The summed E-state index contributed by atoms with van der Waals surface area (Å²) in [6.45, 7) is 7.31. The van der Waals surface area contributed by atoms with Crippen molar-refractivity contribution in [3.63, 3.8) is 0 Å². The summed E-state index contributed by atoms with van der Waals surface area (Å²) in [5.74, 6) is 0.969. The summed E-state index contributed by atoms with van der Waals surface area (Å²) in [4.78, 5) is 0. The van der Waals surface area contributed by atoms with Gasteiger partial charge in [-0.05, 0) is 31.4 Å². The third-order valence-corrected chi connectivity index (χ3v) is 2.69. The van der Waals surface area contributed by atoms with Crippen LogP contribution in [-0.2, 0) is 0 Å². The van der Waals surface area contributed by atoms with Gasteiger partial charge in [-0.15, -0.1) is 0 Å². The summed E-state index contributed by atoms with van der Waals surface area (Å²) in [6.07, 6.45) is 3.32. The Bertz CT molecular complexity index is 295. The maximum Gasteiger partial charge on any atom is 0.142 e. The Morgan fingerprint density at radius 3 is 2.44 bits per heavy atom. The van der Waals surface area contributed by atoms with Gasteiger partial charge < -0.3 is 10.1 Å². The van der Waals surface area contributed by atoms with Crippen molar-refractivity contribution >= 4 is 5.69 Å². The van der Waals surface area contributed by atoms with Crippen LogP contribution < -0.4 is 10.1 Å². The number of hydrogen-bond acceptors (Lipinski definition) is 2. The minimum atomic E-state index is 0.534. The first kappa shape index (κ1) is 12.9. The summed E-state index contributed by atoms with van der Waals surface area (Å²) in [5, 5.41) is 3.53. The van der Waals surface area contributed by atoms with Gasteiger partial charge in [-0.2, -0.15) is 0 Å². The summed E-state index contributed by atoms with van der Waals surface area (Å²) in [6, 6.07) is 8.71. The second-order valence-corrected chi connectivity index (χ2v) is 4.00. The normalized spacial score (nSPS) is 10.5. The molecule has 0 aliphatic carbocycles. The zero-order valence-corrected chi connectivity index (χ0v) is 10.6. The highest BCUT2D eigenvalue weighted by atomic mass is 16.5. The number of rotatable bonds is 7. The first-order chi connectivity index (χ1) is 7.81. The lowest BCUT2D eigenvalue weighted by atomic mass is 10.1. The number of para-hydroxylation sites is 2. The summed E-state index contributed by atoms with van der Waals surface area (Å²) >= 11 is 0. The fourth-order valence-corrected chi connectivity index (χ4v) is 1.64. The smallest absolute Gasteiger partial charge is 0.142 e. The van der Waals surface area contributed by atoms with E-state index in [9.17, 15) is 0 Å². The van der Waals surface area contributed by atoms with E-state index < -0.39 is 0 Å². The van der Waals surface area contributed by atoms with Gasteiger partial charge in [0.25, 0.3) is 0 Å². The molecule has 0 radical (unpaired) electrons. The van der Waals surface area contributed by atoms with E-state index in [4.69, 9.17) is 4.74 Å². The Balaban J connectivity index is 2.69. The van der Waals surface area contributed by atoms with Crippen molar-refractivity contribution in [3.05, 3.63) is 24.3 Å². The van der Waals surface area contributed by atoms with Crippen molar-refractivity contribution in [2.75, 3.05) is 11.9 Å². The Morgan fingerprint density at radius 2 is 1.81 bits per heavy atom. The van der Waals surface area contributed by atoms with Crippen LogP contribution in [-0.4, -0.2) is 12.6 Å². The molecule has 1 rings (SSSR count). The van der Waals surface area contributed by atoms with Gasteiger partial charge in [0.1, 0.15) is 5.75 Å². The predicted octanol–water partition coefficient (Wildman–Crippen LogP) is 4.08.